The molecule has 0 radical (unpaired) electrons. The van der Waals surface area contributed by atoms with Gasteiger partial charge in [0.05, 0.1) is 22.7 Å². The standard InChI is InChI=1S/C29H33Cl2N3O5S/c1-5-26(29(36)32-20(2)3)33(18-21-11-14-23(39-4)15-12-21)28(35)19-34(27-17-22(30)13-16-25(27)31)40(37,38)24-9-7-6-8-10-24/h6-17,20,26H,5,18-19H2,1-4H3,(H,32,36)/t26-/m1/s1. The highest BCUT2D eigenvalue weighted by Gasteiger charge is 2.34. The van der Waals surface area contributed by atoms with Gasteiger partial charge in [0.15, 0.2) is 0 Å². The van der Waals surface area contributed by atoms with Gasteiger partial charge in [-0.05, 0) is 68.3 Å². The third kappa shape index (κ3) is 7.68. The lowest BCUT2D eigenvalue weighted by Gasteiger charge is -2.33. The predicted molar refractivity (Wildman–Crippen MR) is 158 cm³/mol. The molecule has 0 bridgehead atoms. The Balaban J connectivity index is 2.09. The third-order valence-corrected chi connectivity index (χ3v) is 8.44. The second-order valence-electron chi connectivity index (χ2n) is 9.38. The number of nitrogens with zero attached hydrogens (tertiary/aromatic N) is 2. The van der Waals surface area contributed by atoms with E-state index in [2.05, 4.69) is 5.32 Å². The summed E-state index contributed by atoms with van der Waals surface area (Å²) in [5.74, 6) is -0.281. The van der Waals surface area contributed by atoms with Crippen molar-refractivity contribution in [1.29, 1.82) is 0 Å². The van der Waals surface area contributed by atoms with Crippen molar-refractivity contribution in [3.8, 4) is 5.75 Å². The molecule has 1 N–H and O–H groups in total. The highest BCUT2D eigenvalue weighted by Crippen LogP contribution is 2.33. The van der Waals surface area contributed by atoms with Crippen LogP contribution in [-0.4, -0.2) is 50.9 Å². The van der Waals surface area contributed by atoms with Crippen LogP contribution in [0.4, 0.5) is 5.69 Å². The van der Waals surface area contributed by atoms with Gasteiger partial charge in [-0.25, -0.2) is 8.42 Å². The van der Waals surface area contributed by atoms with Gasteiger partial charge in [0, 0.05) is 17.6 Å². The van der Waals surface area contributed by atoms with Crippen LogP contribution >= 0.6 is 23.2 Å². The molecule has 0 saturated carbocycles. The zero-order chi connectivity index (χ0) is 29.4. The molecule has 214 valence electrons. The van der Waals surface area contributed by atoms with Gasteiger partial charge in [0.1, 0.15) is 18.3 Å². The molecule has 0 saturated heterocycles. The summed E-state index contributed by atoms with van der Waals surface area (Å²) in [6.07, 6.45) is 0.309. The number of ether oxygens (including phenoxy) is 1. The number of nitrogens with one attached hydrogen (secondary N) is 1. The highest BCUT2D eigenvalue weighted by atomic mass is 35.5. The van der Waals surface area contributed by atoms with Crippen LogP contribution in [0.1, 0.15) is 32.8 Å². The number of rotatable bonds is 12. The number of carbonyl (C=O) groups is 2. The van der Waals surface area contributed by atoms with Crippen LogP contribution in [0, 0.1) is 0 Å². The summed E-state index contributed by atoms with van der Waals surface area (Å²) in [6.45, 7) is 4.91. The SMILES string of the molecule is CC[C@H](C(=O)NC(C)C)N(Cc1ccc(OC)cc1)C(=O)CN(c1cc(Cl)ccc1Cl)S(=O)(=O)c1ccccc1. The minimum Gasteiger partial charge on any atom is -0.497 e. The van der Waals surface area contributed by atoms with Crippen molar-refractivity contribution in [3.05, 3.63) is 88.4 Å². The van der Waals surface area contributed by atoms with Crippen LogP contribution < -0.4 is 14.4 Å². The first kappa shape index (κ1) is 31.3. The number of hydrogen-bond acceptors (Lipinski definition) is 5. The first-order valence-electron chi connectivity index (χ1n) is 12.7. The quantitative estimate of drug-likeness (QED) is 0.293. The zero-order valence-corrected chi connectivity index (χ0v) is 25.1. The van der Waals surface area contributed by atoms with E-state index in [1.807, 2.05) is 13.8 Å². The summed E-state index contributed by atoms with van der Waals surface area (Å²) >= 11 is 12.7. The molecule has 0 aliphatic heterocycles. The largest absolute Gasteiger partial charge is 0.497 e. The van der Waals surface area contributed by atoms with E-state index in [9.17, 15) is 18.0 Å². The maximum absolute atomic E-state index is 14.1. The molecule has 3 aromatic carbocycles. The van der Waals surface area contributed by atoms with Crippen molar-refractivity contribution in [3.63, 3.8) is 0 Å². The zero-order valence-electron chi connectivity index (χ0n) is 22.8. The lowest BCUT2D eigenvalue weighted by atomic mass is 10.1. The fraction of sp³-hybridized carbons (Fsp3) is 0.310. The molecule has 1 atom stereocenters. The Kier molecular flexibility index (Phi) is 10.8. The second-order valence-corrected chi connectivity index (χ2v) is 12.1. The van der Waals surface area contributed by atoms with Crippen molar-refractivity contribution in [2.24, 2.45) is 0 Å². The lowest BCUT2D eigenvalue weighted by molar-refractivity contribution is -0.140. The molecule has 0 aromatic heterocycles. The Morgan fingerprint density at radius 1 is 0.975 bits per heavy atom. The van der Waals surface area contributed by atoms with Gasteiger partial charge in [0.2, 0.25) is 11.8 Å². The monoisotopic (exact) mass is 605 g/mol. The summed E-state index contributed by atoms with van der Waals surface area (Å²) in [4.78, 5) is 28.6. The van der Waals surface area contributed by atoms with Crippen LogP contribution in [0.5, 0.6) is 5.75 Å². The lowest BCUT2D eigenvalue weighted by Crippen LogP contribution is -2.53. The Labute approximate surface area is 245 Å². The van der Waals surface area contributed by atoms with E-state index in [1.54, 1.807) is 56.5 Å². The molecule has 0 heterocycles. The van der Waals surface area contributed by atoms with Gasteiger partial charge in [0.25, 0.3) is 10.0 Å². The smallest absolute Gasteiger partial charge is 0.264 e. The molecule has 8 nitrogen and oxygen atoms in total. The summed E-state index contributed by atoms with van der Waals surface area (Å²) in [7, 11) is -2.70. The highest BCUT2D eigenvalue weighted by molar-refractivity contribution is 7.92. The van der Waals surface area contributed by atoms with Crippen molar-refractivity contribution in [2.75, 3.05) is 18.0 Å². The molecule has 0 aliphatic rings. The molecule has 3 aromatic rings. The van der Waals surface area contributed by atoms with Crippen LogP contribution in [0.25, 0.3) is 0 Å². The average molecular weight is 607 g/mol. The molecular weight excluding hydrogens is 573 g/mol. The topological polar surface area (TPSA) is 96.0 Å². The molecule has 40 heavy (non-hydrogen) atoms. The summed E-state index contributed by atoms with van der Waals surface area (Å²) < 4.78 is 33.9. The molecule has 11 heteroatoms. The van der Waals surface area contributed by atoms with Gasteiger partial charge in [-0.3, -0.25) is 13.9 Å². The summed E-state index contributed by atoms with van der Waals surface area (Å²) in [6, 6.07) is 18.2. The number of amides is 2. The number of methoxy groups -OCH3 is 1. The number of anilines is 1. The molecular formula is C29H33Cl2N3O5S. The van der Waals surface area contributed by atoms with Crippen LogP contribution in [0.3, 0.4) is 0 Å². The normalized spacial score (nSPS) is 12.1. The Morgan fingerprint density at radius 3 is 2.20 bits per heavy atom. The average Bonchev–Trinajstić information content (AvgIpc) is 2.93. The third-order valence-electron chi connectivity index (χ3n) is 6.12. The first-order chi connectivity index (χ1) is 19.0. The van der Waals surface area contributed by atoms with E-state index in [0.717, 1.165) is 9.87 Å². The Hall–Kier alpha value is -3.27. The minimum atomic E-state index is -4.25. The van der Waals surface area contributed by atoms with E-state index in [4.69, 9.17) is 27.9 Å². The molecule has 0 aliphatic carbocycles. The predicted octanol–water partition coefficient (Wildman–Crippen LogP) is 5.53. The molecule has 0 unspecified atom stereocenters. The minimum absolute atomic E-state index is 0.0230. The molecule has 2 amide bonds. The van der Waals surface area contributed by atoms with Crippen molar-refractivity contribution in [1.82, 2.24) is 10.2 Å². The van der Waals surface area contributed by atoms with E-state index < -0.39 is 28.5 Å². The van der Waals surface area contributed by atoms with Crippen LogP contribution in [0.2, 0.25) is 10.0 Å². The first-order valence-corrected chi connectivity index (χ1v) is 14.9. The van der Waals surface area contributed by atoms with E-state index in [0.29, 0.717) is 12.2 Å². The summed E-state index contributed by atoms with van der Waals surface area (Å²) in [5.41, 5.74) is 0.790. The van der Waals surface area contributed by atoms with E-state index >= 15 is 0 Å². The van der Waals surface area contributed by atoms with Crippen LogP contribution in [0.15, 0.2) is 77.7 Å². The van der Waals surface area contributed by atoms with E-state index in [1.165, 1.54) is 35.2 Å². The van der Waals surface area contributed by atoms with Gasteiger partial charge in [-0.15, -0.1) is 0 Å². The van der Waals surface area contributed by atoms with Crippen molar-refractivity contribution >= 4 is 50.7 Å². The number of carbonyl (C=O) groups excluding carboxylic acids is 2. The van der Waals surface area contributed by atoms with Gasteiger partial charge in [-0.2, -0.15) is 0 Å². The fourth-order valence-electron chi connectivity index (χ4n) is 4.14. The Bertz CT molecular complexity index is 1420. The number of sulfonamides is 1. The molecule has 3 rings (SSSR count). The van der Waals surface area contributed by atoms with Crippen LogP contribution in [-0.2, 0) is 26.2 Å². The maximum atomic E-state index is 14.1. The summed E-state index contributed by atoms with van der Waals surface area (Å²) in [5, 5.41) is 3.22. The second kappa shape index (κ2) is 13.9. The number of halogens is 2. The molecule has 0 spiro atoms. The number of benzene rings is 3. The van der Waals surface area contributed by atoms with Crippen molar-refractivity contribution in [2.45, 2.75) is 50.7 Å². The van der Waals surface area contributed by atoms with Gasteiger partial charge >= 0.3 is 0 Å². The van der Waals surface area contributed by atoms with Gasteiger partial charge in [-0.1, -0.05) is 60.5 Å². The number of hydrogen-bond donors (Lipinski definition) is 1. The Morgan fingerprint density at radius 2 is 1.62 bits per heavy atom. The maximum Gasteiger partial charge on any atom is 0.264 e. The molecule has 0 fully saturated rings. The van der Waals surface area contributed by atoms with E-state index in [-0.39, 0.29) is 39.1 Å². The van der Waals surface area contributed by atoms with Crippen molar-refractivity contribution < 1.29 is 22.7 Å². The van der Waals surface area contributed by atoms with Gasteiger partial charge < -0.3 is 15.0 Å². The fourth-order valence-corrected chi connectivity index (χ4v) is 6.02.